The second kappa shape index (κ2) is 5.94. The van der Waals surface area contributed by atoms with E-state index in [4.69, 9.17) is 5.73 Å². The van der Waals surface area contributed by atoms with Crippen molar-refractivity contribution in [2.45, 2.75) is 73.6 Å². The first-order chi connectivity index (χ1) is 8.13. The molecule has 1 aliphatic rings. The predicted octanol–water partition coefficient (Wildman–Crippen LogP) is 4.85. The molecule has 3 unspecified atom stereocenters. The zero-order valence-electron chi connectivity index (χ0n) is 13.6. The molecule has 1 aliphatic carbocycles. The van der Waals surface area contributed by atoms with Gasteiger partial charge in [-0.2, -0.15) is 0 Å². The highest BCUT2D eigenvalue weighted by molar-refractivity contribution is 4.86. The highest BCUT2D eigenvalue weighted by Crippen LogP contribution is 2.44. The summed E-state index contributed by atoms with van der Waals surface area (Å²) in [6, 6.07) is 0. The van der Waals surface area contributed by atoms with E-state index >= 15 is 0 Å². The lowest BCUT2D eigenvalue weighted by atomic mass is 9.64. The van der Waals surface area contributed by atoms with E-state index in [9.17, 15) is 0 Å². The number of hydrogen-bond donors (Lipinski definition) is 1. The van der Waals surface area contributed by atoms with E-state index < -0.39 is 0 Å². The lowest BCUT2D eigenvalue weighted by Crippen LogP contribution is -2.35. The predicted molar refractivity (Wildman–Crippen MR) is 81.5 cm³/mol. The summed E-state index contributed by atoms with van der Waals surface area (Å²) in [6.45, 7) is 15.2. The number of hydrogen-bond acceptors (Lipinski definition) is 1. The Kier molecular flexibility index (Phi) is 5.29. The van der Waals surface area contributed by atoms with Crippen LogP contribution in [-0.2, 0) is 0 Å². The van der Waals surface area contributed by atoms with Crippen molar-refractivity contribution in [2.75, 3.05) is 6.54 Å². The third-order valence-electron chi connectivity index (χ3n) is 4.93. The normalized spacial score (nSPS) is 30.5. The van der Waals surface area contributed by atoms with Gasteiger partial charge in [-0.25, -0.2) is 0 Å². The SMILES string of the molecule is CC(C)(C)CCC1CC(C(C)(C)C)CCC1CN. The van der Waals surface area contributed by atoms with Crippen LogP contribution in [0.1, 0.15) is 73.6 Å². The van der Waals surface area contributed by atoms with Crippen LogP contribution in [0.2, 0.25) is 0 Å². The lowest BCUT2D eigenvalue weighted by molar-refractivity contribution is 0.0894. The molecule has 0 heterocycles. The molecule has 0 amide bonds. The van der Waals surface area contributed by atoms with Crippen LogP contribution in [0.15, 0.2) is 0 Å². The molecule has 0 aromatic rings. The topological polar surface area (TPSA) is 26.0 Å². The Hall–Kier alpha value is -0.0400. The highest BCUT2D eigenvalue weighted by Gasteiger charge is 2.35. The van der Waals surface area contributed by atoms with Gasteiger partial charge in [0.2, 0.25) is 0 Å². The van der Waals surface area contributed by atoms with Crippen LogP contribution in [0.4, 0.5) is 0 Å². The average molecular weight is 253 g/mol. The minimum atomic E-state index is 0.466. The summed E-state index contributed by atoms with van der Waals surface area (Å²) >= 11 is 0. The van der Waals surface area contributed by atoms with Gasteiger partial charge >= 0.3 is 0 Å². The van der Waals surface area contributed by atoms with Gasteiger partial charge in [-0.1, -0.05) is 41.5 Å². The third kappa shape index (κ3) is 4.91. The smallest absolute Gasteiger partial charge is 0.00462 e. The van der Waals surface area contributed by atoms with Crippen LogP contribution in [0.3, 0.4) is 0 Å². The van der Waals surface area contributed by atoms with Gasteiger partial charge in [0.1, 0.15) is 0 Å². The van der Waals surface area contributed by atoms with Crippen molar-refractivity contribution in [1.29, 1.82) is 0 Å². The van der Waals surface area contributed by atoms with Gasteiger partial charge in [0.05, 0.1) is 0 Å². The maximum absolute atomic E-state index is 5.99. The molecule has 2 N–H and O–H groups in total. The molecule has 1 fully saturated rings. The van der Waals surface area contributed by atoms with Crippen LogP contribution in [0, 0.1) is 28.6 Å². The molecule has 1 saturated carbocycles. The third-order valence-corrected chi connectivity index (χ3v) is 4.93. The molecule has 0 radical (unpaired) electrons. The van der Waals surface area contributed by atoms with Gasteiger partial charge < -0.3 is 5.73 Å². The van der Waals surface area contributed by atoms with E-state index in [2.05, 4.69) is 41.5 Å². The second-order valence-electron chi connectivity index (χ2n) is 8.73. The van der Waals surface area contributed by atoms with Crippen molar-refractivity contribution in [1.82, 2.24) is 0 Å². The Labute approximate surface area is 115 Å². The first kappa shape index (κ1) is 16.0. The summed E-state index contributed by atoms with van der Waals surface area (Å²) in [5.41, 5.74) is 6.93. The Balaban J connectivity index is 2.59. The van der Waals surface area contributed by atoms with E-state index in [1.807, 2.05) is 0 Å². The quantitative estimate of drug-likeness (QED) is 0.764. The summed E-state index contributed by atoms with van der Waals surface area (Å²) in [6.07, 6.45) is 6.86. The van der Waals surface area contributed by atoms with E-state index in [0.717, 1.165) is 24.3 Å². The molecular formula is C17H35N. The lowest BCUT2D eigenvalue weighted by Gasteiger charge is -2.42. The summed E-state index contributed by atoms with van der Waals surface area (Å²) in [5, 5.41) is 0. The molecular weight excluding hydrogens is 218 g/mol. The Morgan fingerprint density at radius 3 is 2.00 bits per heavy atom. The molecule has 3 atom stereocenters. The largest absolute Gasteiger partial charge is 0.330 e. The van der Waals surface area contributed by atoms with E-state index in [1.54, 1.807) is 0 Å². The van der Waals surface area contributed by atoms with Gasteiger partial charge in [-0.05, 0) is 67.2 Å². The summed E-state index contributed by atoms with van der Waals surface area (Å²) < 4.78 is 0. The van der Waals surface area contributed by atoms with Crippen LogP contribution < -0.4 is 5.73 Å². The molecule has 1 nitrogen and oxygen atoms in total. The highest BCUT2D eigenvalue weighted by atomic mass is 14.6. The molecule has 0 spiro atoms. The van der Waals surface area contributed by atoms with E-state index in [1.165, 1.54) is 32.1 Å². The van der Waals surface area contributed by atoms with Crippen LogP contribution in [0.5, 0.6) is 0 Å². The zero-order valence-corrected chi connectivity index (χ0v) is 13.6. The molecule has 0 aliphatic heterocycles. The first-order valence-corrected chi connectivity index (χ1v) is 7.83. The van der Waals surface area contributed by atoms with Gasteiger partial charge in [0.25, 0.3) is 0 Å². The van der Waals surface area contributed by atoms with E-state index in [0.29, 0.717) is 10.8 Å². The van der Waals surface area contributed by atoms with Crippen LogP contribution >= 0.6 is 0 Å². The maximum Gasteiger partial charge on any atom is -0.00462 e. The molecule has 0 aromatic carbocycles. The van der Waals surface area contributed by atoms with Crippen molar-refractivity contribution < 1.29 is 0 Å². The minimum absolute atomic E-state index is 0.466. The average Bonchev–Trinajstić information content (AvgIpc) is 2.23. The van der Waals surface area contributed by atoms with E-state index in [-0.39, 0.29) is 0 Å². The first-order valence-electron chi connectivity index (χ1n) is 7.83. The molecule has 1 heteroatoms. The van der Waals surface area contributed by atoms with Crippen molar-refractivity contribution in [3.63, 3.8) is 0 Å². The van der Waals surface area contributed by atoms with Gasteiger partial charge in [-0.15, -0.1) is 0 Å². The van der Waals surface area contributed by atoms with Crippen LogP contribution in [-0.4, -0.2) is 6.54 Å². The minimum Gasteiger partial charge on any atom is -0.330 e. The number of nitrogens with two attached hydrogens (primary N) is 1. The molecule has 0 aromatic heterocycles. The fourth-order valence-corrected chi connectivity index (χ4v) is 3.40. The van der Waals surface area contributed by atoms with Crippen molar-refractivity contribution in [3.8, 4) is 0 Å². The Morgan fingerprint density at radius 2 is 1.56 bits per heavy atom. The van der Waals surface area contributed by atoms with Gasteiger partial charge in [0, 0.05) is 0 Å². The van der Waals surface area contributed by atoms with Crippen molar-refractivity contribution in [3.05, 3.63) is 0 Å². The fourth-order valence-electron chi connectivity index (χ4n) is 3.40. The van der Waals surface area contributed by atoms with Crippen molar-refractivity contribution >= 4 is 0 Å². The Morgan fingerprint density at radius 1 is 0.944 bits per heavy atom. The van der Waals surface area contributed by atoms with Crippen molar-refractivity contribution in [2.24, 2.45) is 34.3 Å². The summed E-state index contributed by atoms with van der Waals surface area (Å²) in [4.78, 5) is 0. The number of rotatable bonds is 3. The standard InChI is InChI=1S/C17H35N/c1-16(2,3)10-9-13-11-15(17(4,5)6)8-7-14(13)12-18/h13-15H,7-12,18H2,1-6H3. The second-order valence-corrected chi connectivity index (χ2v) is 8.73. The molecule has 0 bridgehead atoms. The Bertz CT molecular complexity index is 243. The molecule has 108 valence electrons. The fraction of sp³-hybridized carbons (Fsp3) is 1.00. The molecule has 18 heavy (non-hydrogen) atoms. The van der Waals surface area contributed by atoms with Gasteiger partial charge in [0.15, 0.2) is 0 Å². The molecule has 1 rings (SSSR count). The molecule has 0 saturated heterocycles. The van der Waals surface area contributed by atoms with Gasteiger partial charge in [-0.3, -0.25) is 0 Å². The summed E-state index contributed by atoms with van der Waals surface area (Å²) in [7, 11) is 0. The summed E-state index contributed by atoms with van der Waals surface area (Å²) in [5.74, 6) is 2.54. The monoisotopic (exact) mass is 253 g/mol. The maximum atomic E-state index is 5.99. The van der Waals surface area contributed by atoms with Crippen LogP contribution in [0.25, 0.3) is 0 Å². The zero-order chi connectivity index (χ0) is 14.0.